The first kappa shape index (κ1) is 16.2. The molecule has 1 saturated heterocycles. The predicted octanol–water partition coefficient (Wildman–Crippen LogP) is 0.426. The Morgan fingerprint density at radius 1 is 1.36 bits per heavy atom. The topological polar surface area (TPSA) is 67.9 Å². The molecule has 0 spiro atoms. The Hall–Kier alpha value is -2.15. The largest absolute Gasteiger partial charge is 0.481 e. The Labute approximate surface area is 128 Å². The summed E-state index contributed by atoms with van der Waals surface area (Å²) in [6.45, 7) is 1.39. The molecule has 2 rings (SSSR count). The predicted molar refractivity (Wildman–Crippen MR) is 76.9 cm³/mol. The Morgan fingerprint density at radius 2 is 2.09 bits per heavy atom. The summed E-state index contributed by atoms with van der Waals surface area (Å²) in [7, 11) is 1.56. The highest BCUT2D eigenvalue weighted by atomic mass is 19.1. The first-order valence-corrected chi connectivity index (χ1v) is 7.03. The van der Waals surface area contributed by atoms with Gasteiger partial charge in [0.25, 0.3) is 5.91 Å². The molecule has 1 N–H and O–H groups in total. The van der Waals surface area contributed by atoms with Gasteiger partial charge in [-0.15, -0.1) is 0 Å². The lowest BCUT2D eigenvalue weighted by Gasteiger charge is -2.38. The smallest absolute Gasteiger partial charge is 0.260 e. The minimum absolute atomic E-state index is 0.0465. The second-order valence-corrected chi connectivity index (χ2v) is 5.00. The third-order valence-corrected chi connectivity index (χ3v) is 3.40. The van der Waals surface area contributed by atoms with Gasteiger partial charge in [-0.3, -0.25) is 9.59 Å². The highest BCUT2D eigenvalue weighted by molar-refractivity contribution is 5.85. The number of methoxy groups -OCH3 is 1. The molecule has 120 valence electrons. The third kappa shape index (κ3) is 4.17. The minimum Gasteiger partial charge on any atom is -0.481 e. The van der Waals surface area contributed by atoms with Crippen LogP contribution in [-0.4, -0.2) is 56.7 Å². The number of halogens is 1. The third-order valence-electron chi connectivity index (χ3n) is 3.40. The zero-order valence-corrected chi connectivity index (χ0v) is 12.4. The fourth-order valence-electron chi connectivity index (χ4n) is 2.06. The number of rotatable bonds is 7. The molecule has 1 fully saturated rings. The van der Waals surface area contributed by atoms with Crippen LogP contribution in [0, 0.1) is 11.7 Å². The molecule has 7 heteroatoms. The van der Waals surface area contributed by atoms with Crippen molar-refractivity contribution in [3.63, 3.8) is 0 Å². The summed E-state index contributed by atoms with van der Waals surface area (Å²) in [6.07, 6.45) is 0. The highest BCUT2D eigenvalue weighted by Gasteiger charge is 2.35. The quantitative estimate of drug-likeness (QED) is 0.742. The molecule has 1 aromatic rings. The van der Waals surface area contributed by atoms with E-state index in [1.807, 2.05) is 0 Å². The molecule has 0 saturated carbocycles. The average Bonchev–Trinajstić information content (AvgIpc) is 2.45. The number of carbonyl (C=O) groups is 2. The van der Waals surface area contributed by atoms with Crippen molar-refractivity contribution in [2.24, 2.45) is 5.92 Å². The van der Waals surface area contributed by atoms with E-state index in [1.54, 1.807) is 19.2 Å². The number of benzene rings is 1. The molecule has 0 bridgehead atoms. The van der Waals surface area contributed by atoms with E-state index in [4.69, 9.17) is 9.47 Å². The van der Waals surface area contributed by atoms with Crippen LogP contribution in [0.1, 0.15) is 0 Å². The first-order chi connectivity index (χ1) is 10.6. The van der Waals surface area contributed by atoms with Crippen LogP contribution in [0.25, 0.3) is 0 Å². The molecule has 0 atom stereocenters. The summed E-state index contributed by atoms with van der Waals surface area (Å²) in [5, 5.41) is 2.73. The van der Waals surface area contributed by atoms with Gasteiger partial charge < -0.3 is 19.7 Å². The standard InChI is InChI=1S/C15H19FN2O4/c1-21-7-6-17-15(20)11-8-18(9-11)14(19)10-22-13-5-3-2-4-12(13)16/h2-5,11H,6-10H2,1H3,(H,17,20). The maximum Gasteiger partial charge on any atom is 0.260 e. The van der Waals surface area contributed by atoms with Gasteiger partial charge in [-0.05, 0) is 12.1 Å². The van der Waals surface area contributed by atoms with Gasteiger partial charge in [-0.1, -0.05) is 12.1 Å². The molecule has 1 aliphatic heterocycles. The van der Waals surface area contributed by atoms with E-state index in [-0.39, 0.29) is 30.1 Å². The lowest BCUT2D eigenvalue weighted by molar-refractivity contribution is -0.144. The molecular formula is C15H19FN2O4. The van der Waals surface area contributed by atoms with Crippen LogP contribution in [0.5, 0.6) is 5.75 Å². The number of nitrogens with one attached hydrogen (secondary N) is 1. The van der Waals surface area contributed by atoms with Crippen molar-refractivity contribution < 1.29 is 23.5 Å². The van der Waals surface area contributed by atoms with E-state index in [2.05, 4.69) is 5.32 Å². The van der Waals surface area contributed by atoms with E-state index in [1.165, 1.54) is 17.0 Å². The molecule has 1 heterocycles. The van der Waals surface area contributed by atoms with E-state index in [9.17, 15) is 14.0 Å². The van der Waals surface area contributed by atoms with Crippen LogP contribution in [0.15, 0.2) is 24.3 Å². The Kier molecular flexibility index (Phi) is 5.71. The number of hydrogen-bond acceptors (Lipinski definition) is 4. The van der Waals surface area contributed by atoms with Crippen LogP contribution in [0.4, 0.5) is 4.39 Å². The maximum atomic E-state index is 13.3. The van der Waals surface area contributed by atoms with Gasteiger partial charge >= 0.3 is 0 Å². The Morgan fingerprint density at radius 3 is 2.77 bits per heavy atom. The normalized spacial score (nSPS) is 14.4. The number of ether oxygens (including phenoxy) is 2. The van der Waals surface area contributed by atoms with E-state index < -0.39 is 5.82 Å². The van der Waals surface area contributed by atoms with Gasteiger partial charge in [0.15, 0.2) is 18.2 Å². The van der Waals surface area contributed by atoms with Crippen molar-refractivity contribution in [3.8, 4) is 5.75 Å². The molecule has 1 aromatic carbocycles. The van der Waals surface area contributed by atoms with Crippen LogP contribution < -0.4 is 10.1 Å². The maximum absolute atomic E-state index is 13.3. The summed E-state index contributed by atoms with van der Waals surface area (Å²) in [4.78, 5) is 25.1. The van der Waals surface area contributed by atoms with Crippen LogP contribution >= 0.6 is 0 Å². The molecular weight excluding hydrogens is 291 g/mol. The molecule has 22 heavy (non-hydrogen) atoms. The summed E-state index contributed by atoms with van der Waals surface area (Å²) in [5.74, 6) is -1.01. The van der Waals surface area contributed by atoms with Crippen molar-refractivity contribution in [2.75, 3.05) is 40.0 Å². The Bertz CT molecular complexity index is 532. The van der Waals surface area contributed by atoms with Crippen LogP contribution in [0.2, 0.25) is 0 Å². The fourth-order valence-corrected chi connectivity index (χ4v) is 2.06. The monoisotopic (exact) mass is 310 g/mol. The lowest BCUT2D eigenvalue weighted by Crippen LogP contribution is -2.57. The second kappa shape index (κ2) is 7.74. The Balaban J connectivity index is 1.68. The summed E-state index contributed by atoms with van der Waals surface area (Å²) >= 11 is 0. The van der Waals surface area contributed by atoms with Gasteiger partial charge in [0.2, 0.25) is 5.91 Å². The number of carbonyl (C=O) groups excluding carboxylic acids is 2. The first-order valence-electron chi connectivity index (χ1n) is 7.03. The molecule has 2 amide bonds. The van der Waals surface area contributed by atoms with Crippen molar-refractivity contribution >= 4 is 11.8 Å². The number of nitrogens with zero attached hydrogens (tertiary/aromatic N) is 1. The molecule has 1 aliphatic rings. The molecule has 0 aliphatic carbocycles. The minimum atomic E-state index is -0.505. The second-order valence-electron chi connectivity index (χ2n) is 5.00. The number of para-hydroxylation sites is 1. The molecule has 6 nitrogen and oxygen atoms in total. The van der Waals surface area contributed by atoms with Gasteiger partial charge in [0.1, 0.15) is 0 Å². The van der Waals surface area contributed by atoms with Crippen LogP contribution in [-0.2, 0) is 14.3 Å². The summed E-state index contributed by atoms with van der Waals surface area (Å²) < 4.78 is 23.3. The van der Waals surface area contributed by atoms with Crippen molar-refractivity contribution in [1.82, 2.24) is 10.2 Å². The van der Waals surface area contributed by atoms with Gasteiger partial charge in [0, 0.05) is 26.7 Å². The molecule has 0 unspecified atom stereocenters. The van der Waals surface area contributed by atoms with Gasteiger partial charge in [0.05, 0.1) is 12.5 Å². The molecule has 0 aromatic heterocycles. The number of likely N-dealkylation sites (tertiary alicyclic amines) is 1. The van der Waals surface area contributed by atoms with Gasteiger partial charge in [-0.2, -0.15) is 0 Å². The van der Waals surface area contributed by atoms with Crippen LogP contribution in [0.3, 0.4) is 0 Å². The van der Waals surface area contributed by atoms with Crippen molar-refractivity contribution in [3.05, 3.63) is 30.1 Å². The fraction of sp³-hybridized carbons (Fsp3) is 0.467. The number of amides is 2. The van der Waals surface area contributed by atoms with Gasteiger partial charge in [-0.25, -0.2) is 4.39 Å². The number of hydrogen-bond donors (Lipinski definition) is 1. The molecule has 0 radical (unpaired) electrons. The van der Waals surface area contributed by atoms with Crippen molar-refractivity contribution in [2.45, 2.75) is 0 Å². The van der Waals surface area contributed by atoms with E-state index in [0.717, 1.165) is 0 Å². The summed E-state index contributed by atoms with van der Waals surface area (Å²) in [5.41, 5.74) is 0. The van der Waals surface area contributed by atoms with E-state index >= 15 is 0 Å². The van der Waals surface area contributed by atoms with Crippen molar-refractivity contribution in [1.29, 1.82) is 0 Å². The lowest BCUT2D eigenvalue weighted by atomic mass is 9.99. The SMILES string of the molecule is COCCNC(=O)C1CN(C(=O)COc2ccccc2F)C1. The zero-order valence-electron chi connectivity index (χ0n) is 12.4. The highest BCUT2D eigenvalue weighted by Crippen LogP contribution is 2.18. The average molecular weight is 310 g/mol. The zero-order chi connectivity index (χ0) is 15.9. The van der Waals surface area contributed by atoms with E-state index in [0.29, 0.717) is 26.2 Å². The summed E-state index contributed by atoms with van der Waals surface area (Å²) in [6, 6.07) is 5.91.